The third kappa shape index (κ3) is 3.19. The molecule has 0 saturated carbocycles. The summed E-state index contributed by atoms with van der Waals surface area (Å²) in [4.78, 5) is 18.8. The van der Waals surface area contributed by atoms with Crippen molar-refractivity contribution in [3.05, 3.63) is 17.7 Å². The molecule has 0 aromatic carbocycles. The molecule has 0 atom stereocenters. The van der Waals surface area contributed by atoms with Crippen LogP contribution in [0.3, 0.4) is 0 Å². The number of likely N-dealkylation sites (tertiary alicyclic amines) is 1. The maximum absolute atomic E-state index is 12.1. The first-order chi connectivity index (χ1) is 9.83. The second-order valence-corrected chi connectivity index (χ2v) is 5.45. The number of aromatic nitrogens is 2. The second-order valence-electron chi connectivity index (χ2n) is 5.45. The molecule has 1 N–H and O–H groups in total. The number of carbonyl (C=O) groups excluding carboxylic acids is 1. The number of nitrogens with zero attached hydrogens (tertiary/aromatic N) is 3. The van der Waals surface area contributed by atoms with Gasteiger partial charge in [-0.05, 0) is 25.9 Å². The van der Waals surface area contributed by atoms with E-state index in [-0.39, 0.29) is 5.91 Å². The number of fused-ring (bicyclic) bond motifs is 1. The van der Waals surface area contributed by atoms with Crippen LogP contribution in [0.1, 0.15) is 35.6 Å². The molecule has 20 heavy (non-hydrogen) atoms. The highest BCUT2D eigenvalue weighted by molar-refractivity contribution is 5.92. The molecule has 110 valence electrons. The van der Waals surface area contributed by atoms with Crippen LogP contribution < -0.4 is 5.32 Å². The highest BCUT2D eigenvalue weighted by atomic mass is 16.5. The largest absolute Gasteiger partial charge is 0.372 e. The quantitative estimate of drug-likeness (QED) is 0.877. The van der Waals surface area contributed by atoms with Crippen molar-refractivity contribution >= 4 is 5.91 Å². The van der Waals surface area contributed by atoms with Crippen LogP contribution in [0, 0.1) is 0 Å². The van der Waals surface area contributed by atoms with Gasteiger partial charge in [-0.15, -0.1) is 0 Å². The van der Waals surface area contributed by atoms with E-state index in [9.17, 15) is 4.79 Å². The molecule has 2 aliphatic heterocycles. The highest BCUT2D eigenvalue weighted by Crippen LogP contribution is 2.10. The third-order valence-electron chi connectivity index (χ3n) is 3.96. The van der Waals surface area contributed by atoms with Crippen LogP contribution in [-0.4, -0.2) is 53.1 Å². The van der Waals surface area contributed by atoms with E-state index >= 15 is 0 Å². The zero-order chi connectivity index (χ0) is 13.8. The number of amides is 1. The first kappa shape index (κ1) is 13.6. The number of imidazole rings is 1. The van der Waals surface area contributed by atoms with Gasteiger partial charge in [0.1, 0.15) is 18.1 Å². The summed E-state index contributed by atoms with van der Waals surface area (Å²) < 4.78 is 7.33. The molecule has 0 unspecified atom stereocenters. The van der Waals surface area contributed by atoms with Gasteiger partial charge in [0.2, 0.25) is 0 Å². The van der Waals surface area contributed by atoms with Gasteiger partial charge in [-0.1, -0.05) is 6.42 Å². The molecule has 1 amide bonds. The summed E-state index contributed by atoms with van der Waals surface area (Å²) in [5.41, 5.74) is 0.504. The van der Waals surface area contributed by atoms with Crippen LogP contribution in [0.5, 0.6) is 0 Å². The van der Waals surface area contributed by atoms with E-state index in [0.717, 1.165) is 32.0 Å². The lowest BCUT2D eigenvalue weighted by atomic mass is 10.1. The molecule has 6 nitrogen and oxygen atoms in total. The number of ether oxygens (including phenoxy) is 1. The fourth-order valence-corrected chi connectivity index (χ4v) is 2.80. The van der Waals surface area contributed by atoms with Crippen molar-refractivity contribution in [3.8, 4) is 0 Å². The molecule has 6 heteroatoms. The van der Waals surface area contributed by atoms with Gasteiger partial charge in [-0.25, -0.2) is 4.98 Å². The third-order valence-corrected chi connectivity index (χ3v) is 3.96. The van der Waals surface area contributed by atoms with Crippen molar-refractivity contribution in [3.63, 3.8) is 0 Å². The van der Waals surface area contributed by atoms with Crippen LogP contribution in [0.15, 0.2) is 6.20 Å². The summed E-state index contributed by atoms with van der Waals surface area (Å²) >= 11 is 0. The summed E-state index contributed by atoms with van der Waals surface area (Å²) in [6.45, 7) is 5.92. The van der Waals surface area contributed by atoms with Gasteiger partial charge in [0.15, 0.2) is 0 Å². The average molecular weight is 278 g/mol. The summed E-state index contributed by atoms with van der Waals surface area (Å²) in [6.07, 6.45) is 5.72. The van der Waals surface area contributed by atoms with Gasteiger partial charge in [-0.2, -0.15) is 0 Å². The van der Waals surface area contributed by atoms with Gasteiger partial charge in [0.25, 0.3) is 5.91 Å². The van der Waals surface area contributed by atoms with Crippen molar-refractivity contribution in [2.45, 2.75) is 32.4 Å². The summed E-state index contributed by atoms with van der Waals surface area (Å²) in [5.74, 6) is 0.765. The highest BCUT2D eigenvalue weighted by Gasteiger charge is 2.17. The molecule has 1 saturated heterocycles. The Bertz CT molecular complexity index is 442. The van der Waals surface area contributed by atoms with Crippen LogP contribution >= 0.6 is 0 Å². The Morgan fingerprint density at radius 3 is 2.95 bits per heavy atom. The maximum Gasteiger partial charge on any atom is 0.271 e. The number of rotatable bonds is 4. The molecule has 1 fully saturated rings. The Hall–Kier alpha value is -1.40. The minimum Gasteiger partial charge on any atom is -0.372 e. The number of nitrogens with one attached hydrogen (secondary N) is 1. The Balaban J connectivity index is 1.47. The fourth-order valence-electron chi connectivity index (χ4n) is 2.80. The van der Waals surface area contributed by atoms with Gasteiger partial charge in [-0.3, -0.25) is 4.79 Å². The van der Waals surface area contributed by atoms with Crippen LogP contribution in [0.25, 0.3) is 0 Å². The standard InChI is InChI=1S/C14H22N4O2/c19-14(15-4-7-17-5-2-1-3-6-17)12-10-18-8-9-20-11-13(18)16-12/h10H,1-9,11H2,(H,15,19). The first-order valence-corrected chi connectivity index (χ1v) is 7.47. The van der Waals surface area contributed by atoms with Crippen molar-refractivity contribution in [1.29, 1.82) is 0 Å². The van der Waals surface area contributed by atoms with E-state index in [1.54, 1.807) is 0 Å². The fraction of sp³-hybridized carbons (Fsp3) is 0.714. The van der Waals surface area contributed by atoms with E-state index < -0.39 is 0 Å². The molecule has 3 heterocycles. The van der Waals surface area contributed by atoms with E-state index in [4.69, 9.17) is 4.74 Å². The summed E-state index contributed by atoms with van der Waals surface area (Å²) in [5, 5.41) is 2.96. The number of carbonyl (C=O) groups is 1. The van der Waals surface area contributed by atoms with Crippen LogP contribution in [0.4, 0.5) is 0 Å². The normalized spacial score (nSPS) is 19.6. The lowest BCUT2D eigenvalue weighted by molar-refractivity contribution is 0.0816. The Kier molecular flexibility index (Phi) is 4.32. The molecule has 1 aromatic heterocycles. The molecular formula is C14H22N4O2. The summed E-state index contributed by atoms with van der Waals surface area (Å²) in [7, 11) is 0. The lowest BCUT2D eigenvalue weighted by Gasteiger charge is -2.26. The number of piperidine rings is 1. The SMILES string of the molecule is O=C(NCCN1CCCCC1)c1cn2c(n1)COCC2. The minimum absolute atomic E-state index is 0.0797. The van der Waals surface area contributed by atoms with E-state index in [0.29, 0.717) is 25.5 Å². The molecule has 3 rings (SSSR count). The minimum atomic E-state index is -0.0797. The van der Waals surface area contributed by atoms with Crippen molar-refractivity contribution in [2.75, 3.05) is 32.8 Å². The predicted octanol–water partition coefficient (Wildman–Crippen LogP) is 0.629. The van der Waals surface area contributed by atoms with Crippen LogP contribution in [-0.2, 0) is 17.9 Å². The van der Waals surface area contributed by atoms with Gasteiger partial charge in [0.05, 0.1) is 6.61 Å². The van der Waals surface area contributed by atoms with Crippen LogP contribution in [0.2, 0.25) is 0 Å². The smallest absolute Gasteiger partial charge is 0.271 e. The predicted molar refractivity (Wildman–Crippen MR) is 74.5 cm³/mol. The second kappa shape index (κ2) is 6.37. The van der Waals surface area contributed by atoms with E-state index in [1.807, 2.05) is 10.8 Å². The number of hydrogen-bond donors (Lipinski definition) is 1. The Labute approximate surface area is 119 Å². The van der Waals surface area contributed by atoms with Crippen molar-refractivity contribution in [2.24, 2.45) is 0 Å². The molecule has 1 aromatic rings. The molecule has 0 radical (unpaired) electrons. The zero-order valence-corrected chi connectivity index (χ0v) is 11.8. The topological polar surface area (TPSA) is 59.4 Å². The number of hydrogen-bond acceptors (Lipinski definition) is 4. The van der Waals surface area contributed by atoms with Crippen molar-refractivity contribution < 1.29 is 9.53 Å². The maximum atomic E-state index is 12.1. The van der Waals surface area contributed by atoms with E-state index in [2.05, 4.69) is 15.2 Å². The Morgan fingerprint density at radius 1 is 1.30 bits per heavy atom. The molecule has 0 bridgehead atoms. The Morgan fingerprint density at radius 2 is 2.15 bits per heavy atom. The molecular weight excluding hydrogens is 256 g/mol. The van der Waals surface area contributed by atoms with Gasteiger partial charge >= 0.3 is 0 Å². The summed E-state index contributed by atoms with van der Waals surface area (Å²) in [6, 6.07) is 0. The molecule has 0 aliphatic carbocycles. The monoisotopic (exact) mass is 278 g/mol. The van der Waals surface area contributed by atoms with E-state index in [1.165, 1.54) is 19.3 Å². The van der Waals surface area contributed by atoms with Gasteiger partial charge in [0, 0.05) is 25.8 Å². The van der Waals surface area contributed by atoms with Gasteiger partial charge < -0.3 is 19.5 Å². The van der Waals surface area contributed by atoms with Crippen molar-refractivity contribution in [1.82, 2.24) is 19.8 Å². The average Bonchev–Trinajstić information content (AvgIpc) is 2.92. The molecule has 0 spiro atoms. The first-order valence-electron chi connectivity index (χ1n) is 7.47. The zero-order valence-electron chi connectivity index (χ0n) is 11.8. The molecule has 2 aliphatic rings. The lowest BCUT2D eigenvalue weighted by Crippen LogP contribution is -2.37.